The van der Waals surface area contributed by atoms with Gasteiger partial charge in [0.1, 0.15) is 11.6 Å². The Hall–Kier alpha value is -2.23. The maximum absolute atomic E-state index is 13.4. The first-order chi connectivity index (χ1) is 15.4. The topological polar surface area (TPSA) is 82.8 Å². The van der Waals surface area contributed by atoms with Crippen LogP contribution in [0.25, 0.3) is 10.9 Å². The van der Waals surface area contributed by atoms with Crippen molar-refractivity contribution in [2.45, 2.75) is 39.2 Å². The van der Waals surface area contributed by atoms with Crippen LogP contribution >= 0.6 is 43.5 Å². The molecule has 0 bridgehead atoms. The van der Waals surface area contributed by atoms with Gasteiger partial charge in [0.2, 0.25) is 0 Å². The molecule has 0 fully saturated rings. The van der Waals surface area contributed by atoms with Crippen molar-refractivity contribution in [3.05, 3.63) is 66.0 Å². The first-order valence-electron chi connectivity index (χ1n) is 9.93. The molecule has 1 aromatic heterocycles. The number of rotatable bonds is 5. The molecule has 0 N–H and O–H groups in total. The number of carbonyl (C=O) groups excluding carboxylic acids is 1. The molecule has 10 heteroatoms. The Balaban J connectivity index is 2.19. The van der Waals surface area contributed by atoms with E-state index in [9.17, 15) is 9.59 Å². The molecule has 3 rings (SSSR count). The number of aromatic nitrogens is 2. The van der Waals surface area contributed by atoms with Gasteiger partial charge >= 0.3 is 5.97 Å². The van der Waals surface area contributed by atoms with Gasteiger partial charge in [0, 0.05) is 20.5 Å². The van der Waals surface area contributed by atoms with Crippen molar-refractivity contribution in [3.63, 3.8) is 0 Å². The van der Waals surface area contributed by atoms with Crippen LogP contribution in [0.4, 0.5) is 0 Å². The SMILES string of the molecule is COC(=O)[C@H](C)Oc1c(Br)cc(Cl)cc1C=Nn1c(C(C)(C)C)nc2ccc(Br)cc2c1=O. The quantitative estimate of drug-likeness (QED) is 0.278. The van der Waals surface area contributed by atoms with Crippen LogP contribution in [0, 0.1) is 0 Å². The number of ether oxygens (including phenoxy) is 2. The van der Waals surface area contributed by atoms with Crippen LogP contribution in [0.5, 0.6) is 5.75 Å². The molecular formula is C23H22Br2ClN3O4. The predicted octanol–water partition coefficient (Wildman–Crippen LogP) is 5.69. The summed E-state index contributed by atoms with van der Waals surface area (Å²) in [7, 11) is 1.28. The van der Waals surface area contributed by atoms with Gasteiger partial charge in [-0.25, -0.2) is 9.78 Å². The minimum Gasteiger partial charge on any atom is -0.477 e. The van der Waals surface area contributed by atoms with Gasteiger partial charge in [0.15, 0.2) is 6.10 Å². The molecule has 0 saturated heterocycles. The smallest absolute Gasteiger partial charge is 0.346 e. The fraction of sp³-hybridized carbons (Fsp3) is 0.304. The Morgan fingerprint density at radius 2 is 1.94 bits per heavy atom. The van der Waals surface area contributed by atoms with Gasteiger partial charge in [-0.1, -0.05) is 48.3 Å². The molecule has 3 aromatic rings. The first kappa shape index (κ1) is 25.4. The molecule has 0 radical (unpaired) electrons. The maximum atomic E-state index is 13.4. The van der Waals surface area contributed by atoms with Crippen LogP contribution in [-0.4, -0.2) is 35.1 Å². The summed E-state index contributed by atoms with van der Waals surface area (Å²) >= 11 is 13.1. The average Bonchev–Trinajstić information content (AvgIpc) is 2.73. The monoisotopic (exact) mass is 597 g/mol. The minimum atomic E-state index is -0.868. The Morgan fingerprint density at radius 3 is 2.58 bits per heavy atom. The highest BCUT2D eigenvalue weighted by Gasteiger charge is 2.23. The van der Waals surface area contributed by atoms with Gasteiger partial charge in [-0.3, -0.25) is 4.79 Å². The first-order valence-corrected chi connectivity index (χ1v) is 11.9. The Kier molecular flexibility index (Phi) is 7.65. The molecule has 0 unspecified atom stereocenters. The predicted molar refractivity (Wildman–Crippen MR) is 137 cm³/mol. The zero-order valence-corrected chi connectivity index (χ0v) is 22.6. The van der Waals surface area contributed by atoms with E-state index in [1.54, 1.807) is 31.2 Å². The summed E-state index contributed by atoms with van der Waals surface area (Å²) in [6, 6.07) is 8.61. The van der Waals surface area contributed by atoms with Gasteiger partial charge in [0.05, 0.1) is 28.7 Å². The van der Waals surface area contributed by atoms with Crippen molar-refractivity contribution in [3.8, 4) is 5.75 Å². The van der Waals surface area contributed by atoms with Crippen molar-refractivity contribution in [2.24, 2.45) is 5.10 Å². The zero-order valence-electron chi connectivity index (χ0n) is 18.6. The van der Waals surface area contributed by atoms with E-state index >= 15 is 0 Å². The molecule has 2 aromatic carbocycles. The lowest BCUT2D eigenvalue weighted by atomic mass is 9.95. The molecule has 7 nitrogen and oxygen atoms in total. The van der Waals surface area contributed by atoms with E-state index in [2.05, 4.69) is 37.0 Å². The third-order valence-corrected chi connectivity index (χ3v) is 5.96. The molecule has 0 aliphatic heterocycles. The third kappa shape index (κ3) is 5.65. The van der Waals surface area contributed by atoms with Crippen molar-refractivity contribution in [2.75, 3.05) is 7.11 Å². The summed E-state index contributed by atoms with van der Waals surface area (Å²) in [6.45, 7) is 7.43. The third-order valence-electron chi connectivity index (χ3n) is 4.66. The van der Waals surface area contributed by atoms with E-state index in [-0.39, 0.29) is 5.56 Å². The van der Waals surface area contributed by atoms with Crippen LogP contribution in [0.1, 0.15) is 39.1 Å². The van der Waals surface area contributed by atoms with E-state index in [1.165, 1.54) is 18.0 Å². The number of fused-ring (bicyclic) bond motifs is 1. The molecular weight excluding hydrogens is 578 g/mol. The van der Waals surface area contributed by atoms with Gasteiger partial charge < -0.3 is 9.47 Å². The second kappa shape index (κ2) is 9.95. The maximum Gasteiger partial charge on any atom is 0.346 e. The molecule has 1 atom stereocenters. The van der Waals surface area contributed by atoms with Crippen molar-refractivity contribution in [1.82, 2.24) is 9.66 Å². The molecule has 33 heavy (non-hydrogen) atoms. The van der Waals surface area contributed by atoms with E-state index < -0.39 is 17.5 Å². The standard InChI is InChI=1S/C23H22Br2ClN3O4/c1-12(21(31)32-5)33-19-13(8-15(26)10-17(19)25)11-27-29-20(30)16-9-14(24)6-7-18(16)28-22(29)23(2,3)4/h6-12H,1-5H3/t12-/m0/s1. The second-order valence-electron chi connectivity index (χ2n) is 8.30. The lowest BCUT2D eigenvalue weighted by Gasteiger charge is -2.21. The van der Waals surface area contributed by atoms with Crippen LogP contribution in [-0.2, 0) is 14.9 Å². The van der Waals surface area contributed by atoms with E-state index in [0.717, 1.165) is 4.47 Å². The van der Waals surface area contributed by atoms with Crippen LogP contribution in [0.2, 0.25) is 5.02 Å². The van der Waals surface area contributed by atoms with E-state index in [0.29, 0.717) is 37.5 Å². The largest absolute Gasteiger partial charge is 0.477 e. The van der Waals surface area contributed by atoms with Crippen molar-refractivity contribution < 1.29 is 14.3 Å². The van der Waals surface area contributed by atoms with Crippen LogP contribution in [0.3, 0.4) is 0 Å². The summed E-state index contributed by atoms with van der Waals surface area (Å²) in [5, 5.41) is 5.31. The number of methoxy groups -OCH3 is 1. The summed E-state index contributed by atoms with van der Waals surface area (Å²) in [6.07, 6.45) is 0.588. The lowest BCUT2D eigenvalue weighted by molar-refractivity contribution is -0.147. The Bertz CT molecular complexity index is 1320. The van der Waals surface area contributed by atoms with E-state index in [1.807, 2.05) is 26.8 Å². The number of benzene rings is 2. The number of hydrogen-bond acceptors (Lipinski definition) is 6. The van der Waals surface area contributed by atoms with Crippen LogP contribution < -0.4 is 10.3 Å². The zero-order chi connectivity index (χ0) is 24.5. The Labute approximate surface area is 213 Å². The summed E-state index contributed by atoms with van der Waals surface area (Å²) in [5.41, 5.74) is 0.270. The second-order valence-corrected chi connectivity index (χ2v) is 10.5. The number of nitrogens with zero attached hydrogens (tertiary/aromatic N) is 3. The lowest BCUT2D eigenvalue weighted by Crippen LogP contribution is -2.29. The number of esters is 1. The molecule has 0 amide bonds. The molecule has 0 spiro atoms. The molecule has 0 aliphatic carbocycles. The summed E-state index contributed by atoms with van der Waals surface area (Å²) in [5.74, 6) is 0.295. The number of hydrogen-bond donors (Lipinski definition) is 0. The highest BCUT2D eigenvalue weighted by molar-refractivity contribution is 9.10. The van der Waals surface area contributed by atoms with Gasteiger partial charge in [0.25, 0.3) is 5.56 Å². The van der Waals surface area contributed by atoms with Crippen LogP contribution in [0.15, 0.2) is 49.2 Å². The van der Waals surface area contributed by atoms with Gasteiger partial charge in [-0.15, -0.1) is 0 Å². The van der Waals surface area contributed by atoms with Crippen molar-refractivity contribution in [1.29, 1.82) is 0 Å². The number of carbonyl (C=O) groups is 1. The highest BCUT2D eigenvalue weighted by atomic mass is 79.9. The van der Waals surface area contributed by atoms with E-state index in [4.69, 9.17) is 26.1 Å². The fourth-order valence-electron chi connectivity index (χ4n) is 3.05. The van der Waals surface area contributed by atoms with Crippen molar-refractivity contribution >= 4 is 66.5 Å². The fourth-order valence-corrected chi connectivity index (χ4v) is 4.34. The summed E-state index contributed by atoms with van der Waals surface area (Å²) < 4.78 is 13.1. The molecule has 0 saturated carbocycles. The van der Waals surface area contributed by atoms with Gasteiger partial charge in [-0.05, 0) is 53.2 Å². The summed E-state index contributed by atoms with van der Waals surface area (Å²) in [4.78, 5) is 29.9. The minimum absolute atomic E-state index is 0.311. The normalized spacial score (nSPS) is 12.8. The average molecular weight is 600 g/mol. The number of halogens is 3. The molecule has 1 heterocycles. The molecule has 0 aliphatic rings. The Morgan fingerprint density at radius 1 is 1.24 bits per heavy atom. The highest BCUT2D eigenvalue weighted by Crippen LogP contribution is 2.33. The molecule has 174 valence electrons. The van der Waals surface area contributed by atoms with Gasteiger partial charge in [-0.2, -0.15) is 9.78 Å².